The van der Waals surface area contributed by atoms with Crippen molar-refractivity contribution in [3.63, 3.8) is 0 Å². The zero-order valence-corrected chi connectivity index (χ0v) is 27.8. The molecule has 228 valence electrons. The molecule has 0 heterocycles. The Kier molecular flexibility index (Phi) is 15.3. The normalized spacial score (nSPS) is 13.2. The highest BCUT2D eigenvalue weighted by molar-refractivity contribution is 6.99. The van der Waals surface area contributed by atoms with Gasteiger partial charge < -0.3 is 23.4 Å². The first kappa shape index (κ1) is 35.2. The maximum atomic E-state index is 7.48. The van der Waals surface area contributed by atoms with Crippen LogP contribution in [0.5, 0.6) is 0 Å². The van der Waals surface area contributed by atoms with Gasteiger partial charge in [-0.3, -0.25) is 0 Å². The molecular formula is C35H54O5Si. The van der Waals surface area contributed by atoms with E-state index >= 15 is 0 Å². The van der Waals surface area contributed by atoms with Gasteiger partial charge in [-0.05, 0) is 61.9 Å². The van der Waals surface area contributed by atoms with E-state index in [-0.39, 0.29) is 11.1 Å². The van der Waals surface area contributed by atoms with E-state index in [1.54, 1.807) is 0 Å². The van der Waals surface area contributed by atoms with Crippen LogP contribution < -0.4 is 10.4 Å². The van der Waals surface area contributed by atoms with Crippen LogP contribution in [0.3, 0.4) is 0 Å². The summed E-state index contributed by atoms with van der Waals surface area (Å²) in [4.78, 5) is 0. The highest BCUT2D eigenvalue weighted by atomic mass is 28.4. The Balaban J connectivity index is 2.73. The average Bonchev–Trinajstić information content (AvgIpc) is 2.96. The number of hydrogen-bond donors (Lipinski definition) is 0. The topological polar surface area (TPSA) is 46.2 Å². The Labute approximate surface area is 251 Å². The second-order valence-electron chi connectivity index (χ2n) is 11.2. The van der Waals surface area contributed by atoms with Crippen molar-refractivity contribution in [1.29, 1.82) is 0 Å². The molecule has 2 aromatic carbocycles. The molecule has 0 N–H and O–H groups in total. The molecule has 6 heteroatoms. The van der Waals surface area contributed by atoms with E-state index < -0.39 is 20.4 Å². The van der Waals surface area contributed by atoms with Gasteiger partial charge >= 0.3 is 0 Å². The average molecular weight is 583 g/mol. The van der Waals surface area contributed by atoms with E-state index in [1.807, 2.05) is 27.7 Å². The number of benzene rings is 2. The summed E-state index contributed by atoms with van der Waals surface area (Å²) in [6.07, 6.45) is 4.25. The number of unbranched alkanes of at least 4 members (excludes halogenated alkanes) is 3. The van der Waals surface area contributed by atoms with Crippen LogP contribution in [0.25, 0.3) is 0 Å². The summed E-state index contributed by atoms with van der Waals surface area (Å²) in [7, 11) is -2.82. The Hall–Kier alpha value is -1.98. The maximum absolute atomic E-state index is 7.48. The molecule has 0 spiro atoms. The van der Waals surface area contributed by atoms with Crippen molar-refractivity contribution in [2.45, 2.75) is 111 Å². The molecule has 0 radical (unpaired) electrons. The van der Waals surface area contributed by atoms with Crippen molar-refractivity contribution >= 4 is 18.7 Å². The zero-order valence-electron chi connectivity index (χ0n) is 26.8. The van der Waals surface area contributed by atoms with Crippen molar-refractivity contribution in [3.8, 4) is 11.8 Å². The van der Waals surface area contributed by atoms with Crippen LogP contribution in [0.2, 0.25) is 5.04 Å². The van der Waals surface area contributed by atoms with E-state index in [1.165, 1.54) is 23.2 Å². The monoisotopic (exact) mass is 582 g/mol. The fraction of sp³-hybridized carbons (Fsp3) is 0.600. The molecule has 1 atom stereocenters. The van der Waals surface area contributed by atoms with E-state index in [2.05, 4.69) is 100 Å². The Morgan fingerprint density at radius 2 is 1.20 bits per heavy atom. The lowest BCUT2D eigenvalue weighted by molar-refractivity contribution is -0.321. The Morgan fingerprint density at radius 1 is 0.683 bits per heavy atom. The molecule has 41 heavy (non-hydrogen) atoms. The third kappa shape index (κ3) is 9.51. The van der Waals surface area contributed by atoms with Gasteiger partial charge in [0.25, 0.3) is 14.1 Å². The quantitative estimate of drug-likeness (QED) is 0.0814. The van der Waals surface area contributed by atoms with Gasteiger partial charge in [0.05, 0.1) is 0 Å². The third-order valence-electron chi connectivity index (χ3n) is 7.13. The van der Waals surface area contributed by atoms with Crippen LogP contribution >= 0.6 is 0 Å². The van der Waals surface area contributed by atoms with Crippen LogP contribution in [0.15, 0.2) is 60.7 Å². The number of ether oxygens (including phenoxy) is 4. The first-order valence-corrected chi connectivity index (χ1v) is 17.5. The summed E-state index contributed by atoms with van der Waals surface area (Å²) in [5.74, 6) is 5.54. The van der Waals surface area contributed by atoms with Gasteiger partial charge in [-0.1, -0.05) is 114 Å². The highest BCUT2D eigenvalue weighted by Crippen LogP contribution is 2.38. The molecule has 0 saturated heterocycles. The fourth-order valence-corrected chi connectivity index (χ4v) is 9.93. The summed E-state index contributed by atoms with van der Waals surface area (Å²) >= 11 is 0. The predicted molar refractivity (Wildman–Crippen MR) is 172 cm³/mol. The van der Waals surface area contributed by atoms with Crippen molar-refractivity contribution in [3.05, 3.63) is 60.7 Å². The van der Waals surface area contributed by atoms with Gasteiger partial charge in [0.2, 0.25) is 6.29 Å². The largest absolute Gasteiger partial charge is 0.394 e. The lowest BCUT2D eigenvalue weighted by Crippen LogP contribution is -2.67. The van der Waals surface area contributed by atoms with Gasteiger partial charge in [0.15, 0.2) is 0 Å². The maximum Gasteiger partial charge on any atom is 0.286 e. The molecule has 0 bridgehead atoms. The second-order valence-corrected chi connectivity index (χ2v) is 15.4. The summed E-state index contributed by atoms with van der Waals surface area (Å²) in [5, 5.41) is 2.32. The molecule has 2 rings (SSSR count). The molecule has 1 unspecified atom stereocenters. The van der Waals surface area contributed by atoms with Gasteiger partial charge in [0, 0.05) is 26.4 Å². The molecule has 0 aliphatic rings. The summed E-state index contributed by atoms with van der Waals surface area (Å²) in [6, 6.07) is 21.5. The lowest BCUT2D eigenvalue weighted by Gasteiger charge is -2.44. The molecule has 0 aliphatic heterocycles. The number of rotatable bonds is 18. The summed E-state index contributed by atoms with van der Waals surface area (Å²) in [5.41, 5.74) is 0. The highest BCUT2D eigenvalue weighted by Gasteiger charge is 2.51. The van der Waals surface area contributed by atoms with Gasteiger partial charge in [-0.2, -0.15) is 0 Å². The van der Waals surface area contributed by atoms with E-state index in [4.69, 9.17) is 23.4 Å². The molecule has 0 aliphatic carbocycles. The molecule has 0 aromatic heterocycles. The van der Waals surface area contributed by atoms with E-state index in [9.17, 15) is 0 Å². The minimum absolute atomic E-state index is 0.158. The SMILES string of the molecule is CCCCCCC(C#CC(OCC)(OCC)C(OCC)OCC)O[Si](c1ccccc1)(c1ccccc1)C(C)(C)C. The van der Waals surface area contributed by atoms with Gasteiger partial charge in [-0.15, -0.1) is 0 Å². The number of hydrogen-bond acceptors (Lipinski definition) is 5. The van der Waals surface area contributed by atoms with Crippen LogP contribution in [0.4, 0.5) is 0 Å². The second kappa shape index (κ2) is 17.9. The standard InChI is InChI=1S/C35H54O5Si/c1-9-14-15-18-23-30(28-29-35(38-12-4,39-13-5)33(36-10-2)37-11-3)40-41(34(6,7)8,31-24-19-16-20-25-31)32-26-21-17-22-27-32/h16-17,19-22,24-27,30,33H,9-15,18,23H2,1-8H3. The first-order valence-electron chi connectivity index (χ1n) is 15.6. The predicted octanol–water partition coefficient (Wildman–Crippen LogP) is 7.07. The molecule has 0 amide bonds. The molecule has 0 saturated carbocycles. The fourth-order valence-electron chi connectivity index (χ4n) is 5.31. The van der Waals surface area contributed by atoms with Crippen LogP contribution in [0, 0.1) is 11.8 Å². The van der Waals surface area contributed by atoms with Crippen molar-refractivity contribution < 1.29 is 23.4 Å². The zero-order chi connectivity index (χ0) is 30.2. The molecule has 0 fully saturated rings. The minimum Gasteiger partial charge on any atom is -0.394 e. The van der Waals surface area contributed by atoms with Crippen molar-refractivity contribution in [2.24, 2.45) is 0 Å². The third-order valence-corrected chi connectivity index (χ3v) is 12.2. The van der Waals surface area contributed by atoms with Crippen LogP contribution in [0.1, 0.15) is 87.5 Å². The van der Waals surface area contributed by atoms with Crippen LogP contribution in [-0.2, 0) is 23.4 Å². The summed E-state index contributed by atoms with van der Waals surface area (Å²) < 4.78 is 31.9. The molecular weight excluding hydrogens is 528 g/mol. The summed E-state index contributed by atoms with van der Waals surface area (Å²) in [6.45, 7) is 18.6. The van der Waals surface area contributed by atoms with Gasteiger partial charge in [0.1, 0.15) is 6.10 Å². The van der Waals surface area contributed by atoms with Crippen molar-refractivity contribution in [1.82, 2.24) is 0 Å². The minimum atomic E-state index is -2.82. The Bertz CT molecular complexity index is 974. The van der Waals surface area contributed by atoms with Crippen molar-refractivity contribution in [2.75, 3.05) is 26.4 Å². The smallest absolute Gasteiger partial charge is 0.286 e. The van der Waals surface area contributed by atoms with Gasteiger partial charge in [-0.25, -0.2) is 0 Å². The molecule has 5 nitrogen and oxygen atoms in total. The lowest BCUT2D eigenvalue weighted by atomic mass is 10.1. The first-order chi connectivity index (χ1) is 19.7. The van der Waals surface area contributed by atoms with Crippen LogP contribution in [-0.4, -0.2) is 52.9 Å². The molecule has 2 aromatic rings. The Morgan fingerprint density at radius 3 is 1.61 bits per heavy atom. The van der Waals surface area contributed by atoms with E-state index in [0.29, 0.717) is 26.4 Å². The van der Waals surface area contributed by atoms with E-state index in [0.717, 1.165) is 19.3 Å².